The zero-order valence-corrected chi connectivity index (χ0v) is 13.2. The van der Waals surface area contributed by atoms with Gasteiger partial charge >= 0.3 is 0 Å². The zero-order chi connectivity index (χ0) is 14.7. The topological polar surface area (TPSA) is 9.23 Å². The normalized spacial score (nSPS) is 29.0. The Labute approximate surface area is 132 Å². The van der Waals surface area contributed by atoms with Gasteiger partial charge in [0.05, 0.1) is 7.11 Å². The van der Waals surface area contributed by atoms with E-state index in [4.69, 9.17) is 4.74 Å². The van der Waals surface area contributed by atoms with E-state index in [1.54, 1.807) is 23.8 Å². The minimum Gasteiger partial charge on any atom is -0.496 e. The van der Waals surface area contributed by atoms with Gasteiger partial charge in [0.2, 0.25) is 0 Å². The van der Waals surface area contributed by atoms with Crippen LogP contribution < -0.4 is 4.74 Å². The van der Waals surface area contributed by atoms with E-state index in [0.717, 1.165) is 11.7 Å². The first kappa shape index (κ1) is 12.8. The van der Waals surface area contributed by atoms with Crippen molar-refractivity contribution in [2.24, 2.45) is 5.92 Å². The van der Waals surface area contributed by atoms with E-state index in [-0.39, 0.29) is 0 Å². The molecule has 0 aromatic heterocycles. The fourth-order valence-corrected chi connectivity index (χ4v) is 5.43. The lowest BCUT2D eigenvalue weighted by molar-refractivity contribution is 0.270. The number of allylic oxidation sites excluding steroid dienone is 2. The Balaban J connectivity index is 1.75. The highest BCUT2D eigenvalue weighted by Gasteiger charge is 2.49. The number of fused-ring (bicyclic) bond motifs is 6. The molecule has 1 spiro atoms. The van der Waals surface area contributed by atoms with Gasteiger partial charge in [0.1, 0.15) is 5.75 Å². The molecular formula is C21H22O. The molecule has 0 aliphatic heterocycles. The van der Waals surface area contributed by atoms with Crippen LogP contribution in [0.2, 0.25) is 0 Å². The molecule has 1 heteroatoms. The van der Waals surface area contributed by atoms with Crippen molar-refractivity contribution in [3.8, 4) is 5.75 Å². The maximum atomic E-state index is 5.58. The molecule has 2 aromatic carbocycles. The molecule has 3 aliphatic carbocycles. The zero-order valence-electron chi connectivity index (χ0n) is 13.2. The Morgan fingerprint density at radius 3 is 2.95 bits per heavy atom. The summed E-state index contributed by atoms with van der Waals surface area (Å²) >= 11 is 0. The standard InChI is InChI=1S/C21H22O/c1-22-20-6-2-4-15-12-19-16(11-18(15)20)5-3-9-21(19)13-14-7-8-17(21)10-14/h2,4,6-7,11-12,17H,3,5,8-10,13H2,1H3. The maximum Gasteiger partial charge on any atom is 0.126 e. The summed E-state index contributed by atoms with van der Waals surface area (Å²) in [4.78, 5) is 0. The van der Waals surface area contributed by atoms with Crippen molar-refractivity contribution in [1.82, 2.24) is 0 Å². The van der Waals surface area contributed by atoms with Gasteiger partial charge in [0.15, 0.2) is 0 Å². The summed E-state index contributed by atoms with van der Waals surface area (Å²) in [7, 11) is 1.78. The number of methoxy groups -OCH3 is 1. The molecule has 1 fully saturated rings. The molecule has 112 valence electrons. The molecule has 1 saturated carbocycles. The van der Waals surface area contributed by atoms with Crippen LogP contribution in [0.3, 0.4) is 0 Å². The van der Waals surface area contributed by atoms with E-state index in [0.29, 0.717) is 5.41 Å². The highest BCUT2D eigenvalue weighted by molar-refractivity contribution is 5.90. The van der Waals surface area contributed by atoms with Crippen LogP contribution in [0, 0.1) is 5.92 Å². The van der Waals surface area contributed by atoms with Crippen molar-refractivity contribution in [3.63, 3.8) is 0 Å². The SMILES string of the molecule is COc1cccc2cc3c(cc12)CCCC31CC2=CCC1C2. The third-order valence-corrected chi connectivity index (χ3v) is 6.41. The third-order valence-electron chi connectivity index (χ3n) is 6.41. The van der Waals surface area contributed by atoms with E-state index >= 15 is 0 Å². The van der Waals surface area contributed by atoms with Gasteiger partial charge in [0, 0.05) is 10.8 Å². The lowest BCUT2D eigenvalue weighted by Crippen LogP contribution is -2.35. The number of hydrogen-bond donors (Lipinski definition) is 0. The van der Waals surface area contributed by atoms with Crippen molar-refractivity contribution in [2.45, 2.75) is 43.9 Å². The predicted molar refractivity (Wildman–Crippen MR) is 90.5 cm³/mol. The van der Waals surface area contributed by atoms with Gasteiger partial charge in [-0.3, -0.25) is 0 Å². The van der Waals surface area contributed by atoms with E-state index in [2.05, 4.69) is 36.4 Å². The molecule has 0 saturated heterocycles. The molecule has 22 heavy (non-hydrogen) atoms. The Kier molecular flexibility index (Phi) is 2.54. The van der Waals surface area contributed by atoms with Crippen LogP contribution >= 0.6 is 0 Å². The summed E-state index contributed by atoms with van der Waals surface area (Å²) in [5.74, 6) is 1.88. The largest absolute Gasteiger partial charge is 0.496 e. The Morgan fingerprint density at radius 1 is 1.23 bits per heavy atom. The summed E-state index contributed by atoms with van der Waals surface area (Å²) in [6.07, 6.45) is 10.5. The first-order valence-electron chi connectivity index (χ1n) is 8.58. The predicted octanol–water partition coefficient (Wildman–Crippen LogP) is 5.16. The van der Waals surface area contributed by atoms with Crippen LogP contribution in [-0.2, 0) is 11.8 Å². The average Bonchev–Trinajstić information content (AvgIpc) is 3.14. The minimum atomic E-state index is 0.453. The number of aryl methyl sites for hydroxylation is 1. The van der Waals surface area contributed by atoms with Crippen LogP contribution in [0.25, 0.3) is 10.8 Å². The van der Waals surface area contributed by atoms with E-state index in [1.165, 1.54) is 49.3 Å². The van der Waals surface area contributed by atoms with Gasteiger partial charge in [0.25, 0.3) is 0 Å². The van der Waals surface area contributed by atoms with Gasteiger partial charge in [-0.25, -0.2) is 0 Å². The lowest BCUT2D eigenvalue weighted by Gasteiger charge is -2.42. The summed E-state index contributed by atoms with van der Waals surface area (Å²) in [6, 6.07) is 11.4. The molecule has 0 N–H and O–H groups in total. The number of ether oxygens (including phenoxy) is 1. The van der Waals surface area contributed by atoms with Crippen LogP contribution in [-0.4, -0.2) is 7.11 Å². The second-order valence-electron chi connectivity index (χ2n) is 7.38. The van der Waals surface area contributed by atoms with Gasteiger partial charge in [-0.2, -0.15) is 0 Å². The second-order valence-corrected chi connectivity index (χ2v) is 7.38. The quantitative estimate of drug-likeness (QED) is 0.659. The fraction of sp³-hybridized carbons (Fsp3) is 0.429. The summed E-state index contributed by atoms with van der Waals surface area (Å²) in [5.41, 5.74) is 5.42. The first-order chi connectivity index (χ1) is 10.8. The highest BCUT2D eigenvalue weighted by atomic mass is 16.5. The molecule has 3 aliphatic rings. The number of hydrogen-bond acceptors (Lipinski definition) is 1. The van der Waals surface area contributed by atoms with Crippen LogP contribution in [0.5, 0.6) is 5.75 Å². The first-order valence-corrected chi connectivity index (χ1v) is 8.58. The monoisotopic (exact) mass is 290 g/mol. The van der Waals surface area contributed by atoms with E-state index in [1.807, 2.05) is 0 Å². The summed E-state index contributed by atoms with van der Waals surface area (Å²) in [6.45, 7) is 0. The lowest BCUT2D eigenvalue weighted by atomic mass is 9.62. The van der Waals surface area contributed by atoms with E-state index < -0.39 is 0 Å². The fourth-order valence-electron chi connectivity index (χ4n) is 5.43. The Morgan fingerprint density at radius 2 is 2.18 bits per heavy atom. The number of benzene rings is 2. The van der Waals surface area contributed by atoms with Crippen molar-refractivity contribution in [1.29, 1.82) is 0 Å². The molecule has 0 radical (unpaired) electrons. The van der Waals surface area contributed by atoms with Gasteiger partial charge < -0.3 is 4.74 Å². The van der Waals surface area contributed by atoms with Crippen molar-refractivity contribution in [2.75, 3.05) is 7.11 Å². The molecule has 2 atom stereocenters. The van der Waals surface area contributed by atoms with Crippen LogP contribution in [0.15, 0.2) is 42.0 Å². The number of rotatable bonds is 1. The molecule has 0 amide bonds. The van der Waals surface area contributed by atoms with Crippen molar-refractivity contribution < 1.29 is 4.74 Å². The Hall–Kier alpha value is -1.76. The average molecular weight is 290 g/mol. The third kappa shape index (κ3) is 1.54. The van der Waals surface area contributed by atoms with E-state index in [9.17, 15) is 0 Å². The molecule has 2 unspecified atom stereocenters. The smallest absolute Gasteiger partial charge is 0.126 e. The molecule has 5 rings (SSSR count). The summed E-state index contributed by atoms with van der Waals surface area (Å²) < 4.78 is 5.58. The van der Waals surface area contributed by atoms with Gasteiger partial charge in [-0.15, -0.1) is 0 Å². The van der Waals surface area contributed by atoms with Crippen molar-refractivity contribution >= 4 is 10.8 Å². The van der Waals surface area contributed by atoms with Crippen LogP contribution in [0.1, 0.15) is 43.2 Å². The maximum absolute atomic E-state index is 5.58. The molecular weight excluding hydrogens is 268 g/mol. The van der Waals surface area contributed by atoms with Crippen molar-refractivity contribution in [3.05, 3.63) is 53.1 Å². The molecule has 1 nitrogen and oxygen atoms in total. The molecule has 2 bridgehead atoms. The Bertz CT molecular complexity index is 801. The second kappa shape index (κ2) is 4.38. The minimum absolute atomic E-state index is 0.453. The summed E-state index contributed by atoms with van der Waals surface area (Å²) in [5, 5.41) is 2.62. The van der Waals surface area contributed by atoms with Crippen LogP contribution in [0.4, 0.5) is 0 Å². The van der Waals surface area contributed by atoms with Gasteiger partial charge in [-0.05, 0) is 73.1 Å². The molecule has 2 aromatic rings. The molecule has 0 heterocycles. The highest BCUT2D eigenvalue weighted by Crippen LogP contribution is 2.59. The van der Waals surface area contributed by atoms with Gasteiger partial charge in [-0.1, -0.05) is 29.8 Å².